The van der Waals surface area contributed by atoms with Gasteiger partial charge in [0.1, 0.15) is 0 Å². The molecular weight excluding hydrogens is 178 g/mol. The SMILES string of the molecule is CC(C)CCCN(CC(=O)O)C1CC1. The zero-order valence-electron chi connectivity index (χ0n) is 9.20. The van der Waals surface area contributed by atoms with E-state index in [1.54, 1.807) is 0 Å². The molecular formula is C11H21NO2. The van der Waals surface area contributed by atoms with Crippen molar-refractivity contribution >= 4 is 5.97 Å². The van der Waals surface area contributed by atoms with E-state index in [4.69, 9.17) is 5.11 Å². The number of aliphatic carboxylic acids is 1. The van der Waals surface area contributed by atoms with Crippen LogP contribution in [-0.2, 0) is 4.79 Å². The monoisotopic (exact) mass is 199 g/mol. The molecule has 0 heterocycles. The van der Waals surface area contributed by atoms with E-state index in [2.05, 4.69) is 18.7 Å². The molecule has 3 nitrogen and oxygen atoms in total. The number of hydrogen-bond acceptors (Lipinski definition) is 2. The summed E-state index contributed by atoms with van der Waals surface area (Å²) in [6.07, 6.45) is 4.70. The molecule has 0 aromatic heterocycles. The van der Waals surface area contributed by atoms with Gasteiger partial charge in [0.05, 0.1) is 6.54 Å². The van der Waals surface area contributed by atoms with Gasteiger partial charge in [0.25, 0.3) is 0 Å². The second-order valence-corrected chi connectivity index (χ2v) is 4.63. The number of hydrogen-bond donors (Lipinski definition) is 1. The highest BCUT2D eigenvalue weighted by atomic mass is 16.4. The standard InChI is InChI=1S/C11H21NO2/c1-9(2)4-3-7-12(8-11(13)14)10-5-6-10/h9-10H,3-8H2,1-2H3,(H,13,14). The summed E-state index contributed by atoms with van der Waals surface area (Å²) < 4.78 is 0. The Hall–Kier alpha value is -0.570. The average molecular weight is 199 g/mol. The largest absolute Gasteiger partial charge is 0.480 e. The lowest BCUT2D eigenvalue weighted by Crippen LogP contribution is -2.32. The first-order valence-corrected chi connectivity index (χ1v) is 5.55. The van der Waals surface area contributed by atoms with Crippen LogP contribution in [0.4, 0.5) is 0 Å². The fourth-order valence-corrected chi connectivity index (χ4v) is 1.71. The van der Waals surface area contributed by atoms with E-state index in [-0.39, 0.29) is 6.54 Å². The Morgan fingerprint density at radius 2 is 2.14 bits per heavy atom. The van der Waals surface area contributed by atoms with E-state index in [0.29, 0.717) is 6.04 Å². The molecule has 0 aromatic rings. The Bertz CT molecular complexity index is 188. The lowest BCUT2D eigenvalue weighted by molar-refractivity contribution is -0.138. The van der Waals surface area contributed by atoms with Gasteiger partial charge in [-0.15, -0.1) is 0 Å². The van der Waals surface area contributed by atoms with E-state index in [1.807, 2.05) is 0 Å². The Kier molecular flexibility index (Phi) is 4.39. The summed E-state index contributed by atoms with van der Waals surface area (Å²) in [5.74, 6) is 0.0299. The molecule has 0 spiro atoms. The van der Waals surface area contributed by atoms with Crippen molar-refractivity contribution in [2.45, 2.75) is 45.6 Å². The van der Waals surface area contributed by atoms with Crippen LogP contribution in [0.3, 0.4) is 0 Å². The van der Waals surface area contributed by atoms with Crippen LogP contribution in [0.1, 0.15) is 39.5 Å². The van der Waals surface area contributed by atoms with E-state index in [0.717, 1.165) is 18.9 Å². The third-order valence-corrected chi connectivity index (χ3v) is 2.63. The molecule has 0 atom stereocenters. The molecule has 14 heavy (non-hydrogen) atoms. The van der Waals surface area contributed by atoms with Gasteiger partial charge < -0.3 is 5.11 Å². The Labute approximate surface area is 86.1 Å². The van der Waals surface area contributed by atoms with Crippen molar-refractivity contribution in [3.05, 3.63) is 0 Å². The summed E-state index contributed by atoms with van der Waals surface area (Å²) in [6.45, 7) is 5.59. The van der Waals surface area contributed by atoms with Crippen LogP contribution in [0.25, 0.3) is 0 Å². The molecule has 1 aliphatic carbocycles. The molecule has 82 valence electrons. The van der Waals surface area contributed by atoms with Crippen LogP contribution < -0.4 is 0 Å². The third-order valence-electron chi connectivity index (χ3n) is 2.63. The van der Waals surface area contributed by atoms with Crippen molar-refractivity contribution in [1.82, 2.24) is 4.90 Å². The van der Waals surface area contributed by atoms with Crippen LogP contribution in [0.15, 0.2) is 0 Å². The predicted octanol–water partition coefficient (Wildman–Crippen LogP) is 1.97. The van der Waals surface area contributed by atoms with E-state index >= 15 is 0 Å². The molecule has 0 radical (unpaired) electrons. The highest BCUT2D eigenvalue weighted by Gasteiger charge is 2.29. The predicted molar refractivity (Wildman–Crippen MR) is 56.3 cm³/mol. The smallest absolute Gasteiger partial charge is 0.317 e. The van der Waals surface area contributed by atoms with Crippen molar-refractivity contribution in [3.8, 4) is 0 Å². The molecule has 1 rings (SSSR count). The lowest BCUT2D eigenvalue weighted by Gasteiger charge is -2.19. The van der Waals surface area contributed by atoms with Crippen molar-refractivity contribution in [2.24, 2.45) is 5.92 Å². The molecule has 1 aliphatic rings. The van der Waals surface area contributed by atoms with Gasteiger partial charge in [0, 0.05) is 6.04 Å². The van der Waals surface area contributed by atoms with Crippen LogP contribution in [0.5, 0.6) is 0 Å². The third kappa shape index (κ3) is 4.61. The van der Waals surface area contributed by atoms with Crippen molar-refractivity contribution in [1.29, 1.82) is 0 Å². The summed E-state index contributed by atoms with van der Waals surface area (Å²) in [4.78, 5) is 12.7. The molecule has 0 aliphatic heterocycles. The zero-order chi connectivity index (χ0) is 10.6. The Morgan fingerprint density at radius 3 is 2.57 bits per heavy atom. The van der Waals surface area contributed by atoms with Gasteiger partial charge in [-0.2, -0.15) is 0 Å². The number of carbonyl (C=O) groups is 1. The number of rotatable bonds is 7. The van der Waals surface area contributed by atoms with Crippen LogP contribution in [-0.4, -0.2) is 35.1 Å². The van der Waals surface area contributed by atoms with Gasteiger partial charge in [-0.05, 0) is 38.1 Å². The van der Waals surface area contributed by atoms with Crippen LogP contribution in [0.2, 0.25) is 0 Å². The molecule has 0 saturated heterocycles. The first kappa shape index (κ1) is 11.5. The Balaban J connectivity index is 2.18. The number of carboxylic acid groups (broad SMARTS) is 1. The summed E-state index contributed by atoms with van der Waals surface area (Å²) in [5, 5.41) is 8.73. The summed E-state index contributed by atoms with van der Waals surface area (Å²) in [6, 6.07) is 0.568. The number of carboxylic acids is 1. The first-order valence-electron chi connectivity index (χ1n) is 5.55. The van der Waals surface area contributed by atoms with Crippen LogP contribution >= 0.6 is 0 Å². The van der Waals surface area contributed by atoms with Gasteiger partial charge in [-0.3, -0.25) is 9.69 Å². The molecule has 0 aromatic carbocycles. The van der Waals surface area contributed by atoms with Gasteiger partial charge in [-0.1, -0.05) is 13.8 Å². The molecule has 3 heteroatoms. The maximum Gasteiger partial charge on any atom is 0.317 e. The zero-order valence-corrected chi connectivity index (χ0v) is 9.20. The summed E-state index contributed by atoms with van der Waals surface area (Å²) >= 11 is 0. The second-order valence-electron chi connectivity index (χ2n) is 4.63. The molecule has 0 amide bonds. The molecule has 0 bridgehead atoms. The van der Waals surface area contributed by atoms with Gasteiger partial charge in [0.15, 0.2) is 0 Å². The number of nitrogens with zero attached hydrogens (tertiary/aromatic N) is 1. The Morgan fingerprint density at radius 1 is 1.50 bits per heavy atom. The topological polar surface area (TPSA) is 40.5 Å². The molecule has 0 unspecified atom stereocenters. The highest BCUT2D eigenvalue weighted by Crippen LogP contribution is 2.26. The molecule has 1 fully saturated rings. The second kappa shape index (κ2) is 5.35. The molecule has 1 N–H and O–H groups in total. The fourth-order valence-electron chi connectivity index (χ4n) is 1.71. The minimum atomic E-state index is -0.693. The normalized spacial score (nSPS) is 16.6. The van der Waals surface area contributed by atoms with Gasteiger partial charge in [-0.25, -0.2) is 0 Å². The molecule has 1 saturated carbocycles. The maximum absolute atomic E-state index is 10.6. The van der Waals surface area contributed by atoms with Crippen LogP contribution in [0, 0.1) is 5.92 Å². The average Bonchev–Trinajstić information content (AvgIpc) is 2.83. The van der Waals surface area contributed by atoms with Gasteiger partial charge >= 0.3 is 5.97 Å². The minimum absolute atomic E-state index is 0.225. The lowest BCUT2D eigenvalue weighted by atomic mass is 10.1. The summed E-state index contributed by atoms with van der Waals surface area (Å²) in [7, 11) is 0. The quantitative estimate of drug-likeness (QED) is 0.681. The van der Waals surface area contributed by atoms with Crippen molar-refractivity contribution in [2.75, 3.05) is 13.1 Å². The minimum Gasteiger partial charge on any atom is -0.480 e. The van der Waals surface area contributed by atoms with E-state index < -0.39 is 5.97 Å². The maximum atomic E-state index is 10.6. The fraction of sp³-hybridized carbons (Fsp3) is 0.909. The summed E-state index contributed by atoms with van der Waals surface area (Å²) in [5.41, 5.74) is 0. The van der Waals surface area contributed by atoms with E-state index in [1.165, 1.54) is 19.3 Å². The van der Waals surface area contributed by atoms with Gasteiger partial charge in [0.2, 0.25) is 0 Å². The van der Waals surface area contributed by atoms with E-state index in [9.17, 15) is 4.79 Å². The van der Waals surface area contributed by atoms with Crippen molar-refractivity contribution < 1.29 is 9.90 Å². The highest BCUT2D eigenvalue weighted by molar-refractivity contribution is 5.69. The first-order chi connectivity index (χ1) is 6.59. The van der Waals surface area contributed by atoms with Crippen molar-refractivity contribution in [3.63, 3.8) is 0 Å².